The van der Waals surface area contributed by atoms with E-state index in [1.807, 2.05) is 6.07 Å². The molecule has 7 nitrogen and oxygen atoms in total. The van der Waals surface area contributed by atoms with Crippen molar-refractivity contribution in [2.45, 2.75) is 31.7 Å². The average Bonchev–Trinajstić information content (AvgIpc) is 3.18. The second-order valence-corrected chi connectivity index (χ2v) is 6.42. The highest BCUT2D eigenvalue weighted by molar-refractivity contribution is 5.92. The zero-order chi connectivity index (χ0) is 15.8. The third-order valence-corrected chi connectivity index (χ3v) is 4.56. The summed E-state index contributed by atoms with van der Waals surface area (Å²) in [5.74, 6) is 2.35. The average molecular weight is 313 g/mol. The quantitative estimate of drug-likeness (QED) is 0.923. The van der Waals surface area contributed by atoms with Crippen LogP contribution in [0.2, 0.25) is 0 Å². The van der Waals surface area contributed by atoms with Crippen LogP contribution in [0, 0.1) is 5.92 Å². The molecule has 0 spiro atoms. The van der Waals surface area contributed by atoms with Gasteiger partial charge in [0.15, 0.2) is 5.69 Å². The number of aromatic nitrogens is 3. The number of nitrogens with zero attached hydrogens (tertiary/aromatic N) is 4. The van der Waals surface area contributed by atoms with Crippen LogP contribution in [-0.2, 0) is 0 Å². The minimum atomic E-state index is -0.165. The van der Waals surface area contributed by atoms with Crippen molar-refractivity contribution < 1.29 is 9.32 Å². The second-order valence-electron chi connectivity index (χ2n) is 6.42. The molecule has 1 saturated heterocycles. The summed E-state index contributed by atoms with van der Waals surface area (Å²) in [6, 6.07) is 3.73. The highest BCUT2D eigenvalue weighted by atomic mass is 16.5. The van der Waals surface area contributed by atoms with E-state index in [1.54, 1.807) is 18.6 Å². The van der Waals surface area contributed by atoms with Crippen molar-refractivity contribution in [1.29, 1.82) is 0 Å². The van der Waals surface area contributed by atoms with Crippen LogP contribution in [0.15, 0.2) is 29.2 Å². The molecule has 2 atom stereocenters. The Balaban J connectivity index is 1.40. The monoisotopic (exact) mass is 313 g/mol. The lowest BCUT2D eigenvalue weighted by Gasteiger charge is -2.17. The number of anilines is 1. The van der Waals surface area contributed by atoms with Crippen molar-refractivity contribution in [2.75, 3.05) is 18.0 Å². The molecule has 1 saturated carbocycles. The van der Waals surface area contributed by atoms with E-state index in [1.165, 1.54) is 0 Å². The normalized spacial score (nSPS) is 24.0. The molecule has 0 aromatic carbocycles. The summed E-state index contributed by atoms with van der Waals surface area (Å²) in [4.78, 5) is 22.7. The molecule has 1 N–H and O–H groups in total. The number of rotatable bonds is 4. The van der Waals surface area contributed by atoms with Crippen molar-refractivity contribution in [3.05, 3.63) is 36.1 Å². The molecule has 0 bridgehead atoms. The fourth-order valence-electron chi connectivity index (χ4n) is 3.01. The minimum Gasteiger partial charge on any atom is -0.360 e. The Bertz CT molecular complexity index is 698. The molecule has 1 aliphatic heterocycles. The smallest absolute Gasteiger partial charge is 0.273 e. The van der Waals surface area contributed by atoms with E-state index >= 15 is 0 Å². The molecule has 23 heavy (non-hydrogen) atoms. The first-order valence-electron chi connectivity index (χ1n) is 7.99. The van der Waals surface area contributed by atoms with Gasteiger partial charge in [0.05, 0.1) is 6.04 Å². The summed E-state index contributed by atoms with van der Waals surface area (Å²) in [7, 11) is 0. The number of carbonyl (C=O) groups excluding carboxylic acids is 1. The predicted octanol–water partition coefficient (Wildman–Crippen LogP) is 1.60. The Hall–Kier alpha value is -2.44. The van der Waals surface area contributed by atoms with Gasteiger partial charge in [-0.3, -0.25) is 4.79 Å². The van der Waals surface area contributed by atoms with E-state index in [4.69, 9.17) is 4.52 Å². The van der Waals surface area contributed by atoms with Gasteiger partial charge in [-0.05, 0) is 24.8 Å². The van der Waals surface area contributed by atoms with Gasteiger partial charge >= 0.3 is 0 Å². The first-order chi connectivity index (χ1) is 11.2. The maximum atomic E-state index is 12.4. The molecule has 0 unspecified atom stereocenters. The first-order valence-corrected chi connectivity index (χ1v) is 7.99. The van der Waals surface area contributed by atoms with Crippen molar-refractivity contribution in [3.63, 3.8) is 0 Å². The van der Waals surface area contributed by atoms with E-state index in [0.717, 1.165) is 37.5 Å². The number of amides is 1. The summed E-state index contributed by atoms with van der Waals surface area (Å²) >= 11 is 0. The largest absolute Gasteiger partial charge is 0.360 e. The van der Waals surface area contributed by atoms with Gasteiger partial charge < -0.3 is 14.7 Å². The maximum absolute atomic E-state index is 12.4. The highest BCUT2D eigenvalue weighted by Gasteiger charge is 2.33. The highest BCUT2D eigenvalue weighted by Crippen LogP contribution is 2.40. The van der Waals surface area contributed by atoms with Crippen LogP contribution in [0.5, 0.6) is 0 Å². The summed E-state index contributed by atoms with van der Waals surface area (Å²) in [5, 5.41) is 6.97. The van der Waals surface area contributed by atoms with Crippen LogP contribution < -0.4 is 10.2 Å². The van der Waals surface area contributed by atoms with Crippen LogP contribution >= 0.6 is 0 Å². The van der Waals surface area contributed by atoms with Crippen molar-refractivity contribution in [2.24, 2.45) is 5.92 Å². The van der Waals surface area contributed by atoms with Gasteiger partial charge in [-0.2, -0.15) is 0 Å². The van der Waals surface area contributed by atoms with Crippen LogP contribution in [0.4, 0.5) is 5.82 Å². The SMILES string of the molecule is C[C@H]1CN(c2ccncn2)C[C@H]1NC(=O)c1cc(C2CC2)on1. The van der Waals surface area contributed by atoms with Crippen LogP contribution in [-0.4, -0.2) is 40.2 Å². The summed E-state index contributed by atoms with van der Waals surface area (Å²) < 4.78 is 5.25. The van der Waals surface area contributed by atoms with Gasteiger partial charge in [0.1, 0.15) is 17.9 Å². The van der Waals surface area contributed by atoms with Gasteiger partial charge in [-0.1, -0.05) is 12.1 Å². The third kappa shape index (κ3) is 2.91. The minimum absolute atomic E-state index is 0.0681. The Morgan fingerprint density at radius 1 is 1.39 bits per heavy atom. The Morgan fingerprint density at radius 2 is 2.26 bits per heavy atom. The molecule has 2 aliphatic rings. The number of carbonyl (C=O) groups is 1. The summed E-state index contributed by atoms with van der Waals surface area (Å²) in [6.07, 6.45) is 5.53. The molecule has 120 valence electrons. The van der Waals surface area contributed by atoms with Crippen molar-refractivity contribution in [3.8, 4) is 0 Å². The van der Waals surface area contributed by atoms with Crippen LogP contribution in [0.3, 0.4) is 0 Å². The van der Waals surface area contributed by atoms with Crippen LogP contribution in [0.25, 0.3) is 0 Å². The molecule has 2 aromatic heterocycles. The molecule has 4 rings (SSSR count). The zero-order valence-electron chi connectivity index (χ0n) is 13.0. The molecular weight excluding hydrogens is 294 g/mol. The molecule has 7 heteroatoms. The summed E-state index contributed by atoms with van der Waals surface area (Å²) in [5.41, 5.74) is 0.375. The molecule has 1 amide bonds. The van der Waals surface area contributed by atoms with E-state index in [9.17, 15) is 4.79 Å². The van der Waals surface area contributed by atoms with Gasteiger partial charge in [0, 0.05) is 31.3 Å². The van der Waals surface area contributed by atoms with Gasteiger partial charge in [0.2, 0.25) is 0 Å². The Labute approximate surface area is 134 Å². The van der Waals surface area contributed by atoms with Gasteiger partial charge in [-0.25, -0.2) is 9.97 Å². The standard InChI is InChI=1S/C16H19N5O2/c1-10-7-21(15-4-5-17-9-18-15)8-13(10)19-16(22)12-6-14(23-20-12)11-2-3-11/h4-6,9-11,13H,2-3,7-8H2,1H3,(H,19,22)/t10-,13+/m0/s1. The number of nitrogens with one attached hydrogen (secondary N) is 1. The first kappa shape index (κ1) is 14.2. The third-order valence-electron chi connectivity index (χ3n) is 4.56. The number of hydrogen-bond donors (Lipinski definition) is 1. The fourth-order valence-corrected chi connectivity index (χ4v) is 3.01. The van der Waals surface area contributed by atoms with Gasteiger partial charge in [0.25, 0.3) is 5.91 Å². The predicted molar refractivity (Wildman–Crippen MR) is 83.1 cm³/mol. The molecule has 2 fully saturated rings. The lowest BCUT2D eigenvalue weighted by atomic mass is 10.1. The second kappa shape index (κ2) is 5.64. The fraction of sp³-hybridized carbons (Fsp3) is 0.500. The lowest BCUT2D eigenvalue weighted by Crippen LogP contribution is -2.40. The molecule has 2 aromatic rings. The Morgan fingerprint density at radius 3 is 3.00 bits per heavy atom. The van der Waals surface area contributed by atoms with Crippen molar-refractivity contribution in [1.82, 2.24) is 20.4 Å². The molecule has 1 aliphatic carbocycles. The Kier molecular flexibility index (Phi) is 3.48. The molecule has 0 radical (unpaired) electrons. The number of hydrogen-bond acceptors (Lipinski definition) is 6. The van der Waals surface area contributed by atoms with Crippen molar-refractivity contribution >= 4 is 11.7 Å². The van der Waals surface area contributed by atoms with E-state index in [-0.39, 0.29) is 11.9 Å². The van der Waals surface area contributed by atoms with Gasteiger partial charge in [-0.15, -0.1) is 0 Å². The molecule has 3 heterocycles. The van der Waals surface area contributed by atoms with E-state index in [2.05, 4.69) is 32.3 Å². The van der Waals surface area contributed by atoms with E-state index in [0.29, 0.717) is 17.5 Å². The lowest BCUT2D eigenvalue weighted by molar-refractivity contribution is 0.0924. The zero-order valence-corrected chi connectivity index (χ0v) is 13.0. The van der Waals surface area contributed by atoms with E-state index < -0.39 is 0 Å². The van der Waals surface area contributed by atoms with Crippen LogP contribution in [0.1, 0.15) is 41.9 Å². The maximum Gasteiger partial charge on any atom is 0.273 e. The topological polar surface area (TPSA) is 84.2 Å². The molecular formula is C16H19N5O2. The summed E-state index contributed by atoms with van der Waals surface area (Å²) in [6.45, 7) is 3.72.